The zero-order chi connectivity index (χ0) is 18.4. The van der Waals surface area contributed by atoms with Crippen molar-refractivity contribution >= 4 is 0 Å². The number of aromatic nitrogens is 1. The highest BCUT2D eigenvalue weighted by atomic mass is 19.1. The zero-order valence-electron chi connectivity index (χ0n) is 15.1. The summed E-state index contributed by atoms with van der Waals surface area (Å²) in [6.45, 7) is 6.20. The SMILES string of the molecule is C=CCOCC(O)CN(Cc1cccn1Cc1ccccc1F)C1CC1. The molecule has 2 aromatic rings. The molecule has 0 amide bonds. The van der Waals surface area contributed by atoms with Crippen LogP contribution in [0.15, 0.2) is 55.3 Å². The lowest BCUT2D eigenvalue weighted by Crippen LogP contribution is -2.36. The van der Waals surface area contributed by atoms with Gasteiger partial charge in [0, 0.05) is 36.6 Å². The molecule has 4 nitrogen and oxygen atoms in total. The molecule has 1 aliphatic rings. The smallest absolute Gasteiger partial charge is 0.128 e. The van der Waals surface area contributed by atoms with E-state index in [1.54, 1.807) is 12.1 Å². The molecule has 1 saturated carbocycles. The van der Waals surface area contributed by atoms with Gasteiger partial charge in [-0.1, -0.05) is 24.3 Å². The number of ether oxygens (including phenoxy) is 1. The first-order valence-corrected chi connectivity index (χ1v) is 9.15. The maximum Gasteiger partial charge on any atom is 0.128 e. The van der Waals surface area contributed by atoms with Crippen LogP contribution in [0.5, 0.6) is 0 Å². The van der Waals surface area contributed by atoms with Crippen molar-refractivity contribution in [3.05, 3.63) is 72.3 Å². The summed E-state index contributed by atoms with van der Waals surface area (Å²) >= 11 is 0. The summed E-state index contributed by atoms with van der Waals surface area (Å²) in [5.41, 5.74) is 1.81. The Morgan fingerprint density at radius 2 is 2.12 bits per heavy atom. The topological polar surface area (TPSA) is 37.6 Å². The third kappa shape index (κ3) is 5.27. The van der Waals surface area contributed by atoms with Crippen LogP contribution >= 0.6 is 0 Å². The van der Waals surface area contributed by atoms with E-state index in [2.05, 4.69) is 22.1 Å². The molecule has 0 saturated heterocycles. The molecule has 0 spiro atoms. The van der Waals surface area contributed by atoms with Crippen LogP contribution in [-0.2, 0) is 17.8 Å². The molecule has 1 unspecified atom stereocenters. The maximum atomic E-state index is 14.0. The Morgan fingerprint density at radius 3 is 2.85 bits per heavy atom. The molecular weight excluding hydrogens is 331 g/mol. The number of rotatable bonds is 11. The van der Waals surface area contributed by atoms with Gasteiger partial charge < -0.3 is 14.4 Å². The van der Waals surface area contributed by atoms with Crippen molar-refractivity contribution in [1.82, 2.24) is 9.47 Å². The molecule has 0 radical (unpaired) electrons. The minimum absolute atomic E-state index is 0.180. The Labute approximate surface area is 154 Å². The third-order valence-electron chi connectivity index (χ3n) is 4.64. The molecule has 1 aliphatic carbocycles. The van der Waals surface area contributed by atoms with Crippen molar-refractivity contribution in [3.8, 4) is 0 Å². The summed E-state index contributed by atoms with van der Waals surface area (Å²) in [4.78, 5) is 2.30. The minimum atomic E-state index is -0.523. The van der Waals surface area contributed by atoms with E-state index in [1.165, 1.54) is 6.07 Å². The highest BCUT2D eigenvalue weighted by Gasteiger charge is 2.30. The quantitative estimate of drug-likeness (QED) is 0.495. The van der Waals surface area contributed by atoms with Crippen molar-refractivity contribution in [2.24, 2.45) is 0 Å². The molecule has 1 atom stereocenters. The Bertz CT molecular complexity index is 712. The van der Waals surface area contributed by atoms with Gasteiger partial charge in [-0.25, -0.2) is 4.39 Å². The van der Waals surface area contributed by atoms with Crippen molar-refractivity contribution < 1.29 is 14.2 Å². The number of nitrogens with zero attached hydrogens (tertiary/aromatic N) is 2. The molecule has 0 aliphatic heterocycles. The Balaban J connectivity index is 1.62. The largest absolute Gasteiger partial charge is 0.389 e. The van der Waals surface area contributed by atoms with E-state index in [0.717, 1.165) is 25.1 Å². The lowest BCUT2D eigenvalue weighted by atomic mass is 10.2. The number of hydrogen-bond acceptors (Lipinski definition) is 3. The number of aliphatic hydroxyl groups excluding tert-OH is 1. The fourth-order valence-electron chi connectivity index (χ4n) is 3.16. The van der Waals surface area contributed by atoms with Gasteiger partial charge >= 0.3 is 0 Å². The molecule has 1 aromatic heterocycles. The molecular formula is C21H27FN2O2. The van der Waals surface area contributed by atoms with Gasteiger partial charge in [0.1, 0.15) is 5.82 Å². The first-order valence-electron chi connectivity index (χ1n) is 9.15. The summed E-state index contributed by atoms with van der Waals surface area (Å²) in [6, 6.07) is 11.5. The van der Waals surface area contributed by atoms with E-state index >= 15 is 0 Å². The summed E-state index contributed by atoms with van der Waals surface area (Å²) in [7, 11) is 0. The van der Waals surface area contributed by atoms with Crippen LogP contribution in [0.4, 0.5) is 4.39 Å². The van der Waals surface area contributed by atoms with Gasteiger partial charge in [0.25, 0.3) is 0 Å². The van der Waals surface area contributed by atoms with E-state index in [4.69, 9.17) is 4.74 Å². The average Bonchev–Trinajstić information content (AvgIpc) is 3.39. The number of aliphatic hydroxyl groups is 1. The minimum Gasteiger partial charge on any atom is -0.389 e. The first-order chi connectivity index (χ1) is 12.7. The van der Waals surface area contributed by atoms with Crippen molar-refractivity contribution in [1.29, 1.82) is 0 Å². The number of benzene rings is 1. The molecule has 1 heterocycles. The van der Waals surface area contributed by atoms with Crippen LogP contribution < -0.4 is 0 Å². The van der Waals surface area contributed by atoms with Crippen molar-refractivity contribution in [2.45, 2.75) is 38.1 Å². The van der Waals surface area contributed by atoms with Crippen LogP contribution in [0.25, 0.3) is 0 Å². The summed E-state index contributed by atoms with van der Waals surface area (Å²) in [6.07, 6.45) is 5.46. The Kier molecular flexibility index (Phi) is 6.61. The van der Waals surface area contributed by atoms with E-state index in [9.17, 15) is 9.50 Å². The van der Waals surface area contributed by atoms with E-state index in [1.807, 2.05) is 24.4 Å². The van der Waals surface area contributed by atoms with Crippen LogP contribution in [0.2, 0.25) is 0 Å². The fourth-order valence-corrected chi connectivity index (χ4v) is 3.16. The van der Waals surface area contributed by atoms with Crippen LogP contribution in [-0.4, -0.2) is 46.5 Å². The van der Waals surface area contributed by atoms with Gasteiger partial charge in [-0.2, -0.15) is 0 Å². The van der Waals surface area contributed by atoms with E-state index < -0.39 is 6.10 Å². The van der Waals surface area contributed by atoms with Gasteiger partial charge in [0.15, 0.2) is 0 Å². The lowest BCUT2D eigenvalue weighted by molar-refractivity contribution is 0.0223. The van der Waals surface area contributed by atoms with Gasteiger partial charge in [-0.3, -0.25) is 4.90 Å². The van der Waals surface area contributed by atoms with Crippen LogP contribution in [0.1, 0.15) is 24.1 Å². The summed E-state index contributed by atoms with van der Waals surface area (Å²) in [5, 5.41) is 10.2. The highest BCUT2D eigenvalue weighted by molar-refractivity contribution is 5.19. The Morgan fingerprint density at radius 1 is 1.31 bits per heavy atom. The zero-order valence-corrected chi connectivity index (χ0v) is 15.1. The fraction of sp³-hybridized carbons (Fsp3) is 0.429. The van der Waals surface area contributed by atoms with Crippen LogP contribution in [0, 0.1) is 5.82 Å². The molecule has 1 N–H and O–H groups in total. The molecule has 0 bridgehead atoms. The van der Waals surface area contributed by atoms with E-state index in [0.29, 0.717) is 37.9 Å². The van der Waals surface area contributed by atoms with Crippen LogP contribution in [0.3, 0.4) is 0 Å². The number of hydrogen-bond donors (Lipinski definition) is 1. The molecule has 26 heavy (non-hydrogen) atoms. The molecule has 1 fully saturated rings. The highest BCUT2D eigenvalue weighted by Crippen LogP contribution is 2.28. The summed E-state index contributed by atoms with van der Waals surface area (Å²) < 4.78 is 21.4. The van der Waals surface area contributed by atoms with Crippen molar-refractivity contribution in [2.75, 3.05) is 19.8 Å². The maximum absolute atomic E-state index is 14.0. The van der Waals surface area contributed by atoms with Gasteiger partial charge in [0.2, 0.25) is 0 Å². The predicted octanol–water partition coefficient (Wildman–Crippen LogP) is 3.20. The Hall–Kier alpha value is -1.95. The summed E-state index contributed by atoms with van der Waals surface area (Å²) in [5.74, 6) is -0.180. The van der Waals surface area contributed by atoms with E-state index in [-0.39, 0.29) is 5.82 Å². The predicted molar refractivity (Wildman–Crippen MR) is 100 cm³/mol. The molecule has 5 heteroatoms. The van der Waals surface area contributed by atoms with Crippen molar-refractivity contribution in [3.63, 3.8) is 0 Å². The second-order valence-electron chi connectivity index (χ2n) is 6.86. The molecule has 1 aromatic carbocycles. The normalized spacial score (nSPS) is 15.3. The monoisotopic (exact) mass is 358 g/mol. The van der Waals surface area contributed by atoms with Gasteiger partial charge in [-0.15, -0.1) is 6.58 Å². The van der Waals surface area contributed by atoms with Gasteiger partial charge in [0.05, 0.1) is 25.9 Å². The lowest BCUT2D eigenvalue weighted by Gasteiger charge is -2.25. The first kappa shape index (κ1) is 18.8. The molecule has 140 valence electrons. The average molecular weight is 358 g/mol. The standard InChI is InChI=1S/C21H27FN2O2/c1-2-12-26-16-20(25)15-24(18-9-10-18)14-19-7-5-11-23(19)13-17-6-3-4-8-21(17)22/h2-8,11,18,20,25H,1,9-10,12-16H2. The number of halogens is 1. The third-order valence-corrected chi connectivity index (χ3v) is 4.64. The second-order valence-corrected chi connectivity index (χ2v) is 6.86. The van der Waals surface area contributed by atoms with Gasteiger partial charge in [-0.05, 0) is 31.0 Å². The second kappa shape index (κ2) is 9.12. The molecule has 3 rings (SSSR count).